The predicted octanol–water partition coefficient (Wildman–Crippen LogP) is 3.13. The maximum Gasteiger partial charge on any atom is 0.255 e. The summed E-state index contributed by atoms with van der Waals surface area (Å²) in [6.07, 6.45) is 1.63. The van der Waals surface area contributed by atoms with Crippen LogP contribution >= 0.6 is 11.6 Å². The van der Waals surface area contributed by atoms with Gasteiger partial charge in [0.2, 0.25) is 5.95 Å². The van der Waals surface area contributed by atoms with Crippen molar-refractivity contribution in [2.24, 2.45) is 0 Å². The molecular formula is C24H31ClN6O3. The van der Waals surface area contributed by atoms with E-state index in [1.807, 2.05) is 24.3 Å². The highest BCUT2D eigenvalue weighted by Gasteiger charge is 2.31. The van der Waals surface area contributed by atoms with Gasteiger partial charge in [0.15, 0.2) is 0 Å². The van der Waals surface area contributed by atoms with E-state index >= 15 is 0 Å². The Morgan fingerprint density at radius 3 is 2.91 bits per heavy atom. The topological polar surface area (TPSA) is 118 Å². The molecule has 10 heteroatoms. The highest BCUT2D eigenvalue weighted by molar-refractivity contribution is 6.33. The van der Waals surface area contributed by atoms with E-state index in [-0.39, 0.29) is 18.1 Å². The van der Waals surface area contributed by atoms with E-state index < -0.39 is 0 Å². The Hall–Kier alpha value is -3.01. The molecule has 1 fully saturated rings. The maximum atomic E-state index is 12.9. The number of H-pyrrole nitrogens is 1. The minimum atomic E-state index is -0.255. The van der Waals surface area contributed by atoms with E-state index in [2.05, 4.69) is 25.5 Å². The van der Waals surface area contributed by atoms with Crippen molar-refractivity contribution in [3.8, 4) is 5.75 Å². The highest BCUT2D eigenvalue weighted by Crippen LogP contribution is 2.29. The van der Waals surface area contributed by atoms with Crippen LogP contribution < -0.4 is 21.1 Å². The van der Waals surface area contributed by atoms with Crippen molar-refractivity contribution in [1.29, 1.82) is 0 Å². The zero-order valence-electron chi connectivity index (χ0n) is 19.4. The number of imidazole rings is 1. The summed E-state index contributed by atoms with van der Waals surface area (Å²) in [6, 6.07) is 11.0. The third-order valence-corrected chi connectivity index (χ3v) is 6.49. The Labute approximate surface area is 203 Å². The van der Waals surface area contributed by atoms with E-state index in [9.17, 15) is 4.79 Å². The van der Waals surface area contributed by atoms with E-state index in [1.54, 1.807) is 13.2 Å². The predicted molar refractivity (Wildman–Crippen MR) is 135 cm³/mol. The molecule has 1 amide bonds. The fourth-order valence-electron chi connectivity index (χ4n) is 4.30. The van der Waals surface area contributed by atoms with E-state index in [0.29, 0.717) is 22.0 Å². The number of halogens is 1. The number of methoxy groups -OCH3 is 2. The molecule has 2 atom stereocenters. The highest BCUT2D eigenvalue weighted by atomic mass is 35.5. The minimum absolute atomic E-state index is 0.108. The summed E-state index contributed by atoms with van der Waals surface area (Å²) in [6.45, 7) is 3.35. The number of fused-ring (bicyclic) bond motifs is 1. The average Bonchev–Trinajstić information content (AvgIpc) is 3.26. The molecule has 0 radical (unpaired) electrons. The number of benzene rings is 2. The number of nitrogens with one attached hydrogen (secondary N) is 3. The number of hydrogen-bond acceptors (Lipinski definition) is 7. The van der Waals surface area contributed by atoms with Crippen LogP contribution in [0.1, 0.15) is 23.2 Å². The monoisotopic (exact) mass is 486 g/mol. The Balaban J connectivity index is 1.26. The number of nitrogens with zero attached hydrogens (tertiary/aromatic N) is 2. The summed E-state index contributed by atoms with van der Waals surface area (Å²) in [5, 5.41) is 6.76. The largest absolute Gasteiger partial charge is 0.496 e. The number of ether oxygens (including phenoxy) is 2. The first-order valence-electron chi connectivity index (χ1n) is 11.4. The number of likely N-dealkylation sites (tertiary alicyclic amines) is 1. The summed E-state index contributed by atoms with van der Waals surface area (Å²) in [5.74, 6) is 0.924. The van der Waals surface area contributed by atoms with E-state index in [4.69, 9.17) is 26.8 Å². The Kier molecular flexibility index (Phi) is 7.77. The zero-order valence-corrected chi connectivity index (χ0v) is 20.2. The van der Waals surface area contributed by atoms with Crippen LogP contribution in [0.4, 0.5) is 11.6 Å². The number of aromatic amines is 1. The molecule has 9 nitrogen and oxygen atoms in total. The standard InChI is InChI=1S/C24H31ClN6O3/c1-33-21-13-17(26)16(25)12-15(21)23(32)28-20-8-11-31(14-22(20)34-2)10-5-9-27-24-29-18-6-3-4-7-19(18)30-24/h3-4,6-7,12-13,20,22H,5,8-11,14,26H2,1-2H3,(H,28,32)(H2,27,29,30). The Morgan fingerprint density at radius 1 is 1.32 bits per heavy atom. The van der Waals surface area contributed by atoms with Gasteiger partial charge >= 0.3 is 0 Å². The van der Waals surface area contributed by atoms with Crippen LogP contribution in [-0.4, -0.2) is 73.3 Å². The molecule has 0 aliphatic carbocycles. The number of para-hydroxylation sites is 2. The van der Waals surface area contributed by atoms with Gasteiger partial charge in [-0.05, 0) is 37.6 Å². The molecule has 0 saturated carbocycles. The van der Waals surface area contributed by atoms with E-state index in [1.165, 1.54) is 13.2 Å². The van der Waals surface area contributed by atoms with Crippen LogP contribution in [0.3, 0.4) is 0 Å². The number of rotatable bonds is 9. The van der Waals surface area contributed by atoms with Crippen LogP contribution in [0.2, 0.25) is 5.02 Å². The SMILES string of the molecule is COc1cc(N)c(Cl)cc1C(=O)NC1CCN(CCCNc2nc3ccccc3[nH]2)CC1OC. The van der Waals surface area contributed by atoms with Crippen molar-refractivity contribution in [2.75, 3.05) is 51.4 Å². The smallest absolute Gasteiger partial charge is 0.255 e. The molecule has 1 saturated heterocycles. The molecule has 4 rings (SSSR count). The summed E-state index contributed by atoms with van der Waals surface area (Å²) in [5.41, 5.74) is 8.53. The summed E-state index contributed by atoms with van der Waals surface area (Å²) in [7, 11) is 3.18. The van der Waals surface area contributed by atoms with Gasteiger partial charge in [-0.3, -0.25) is 4.79 Å². The second kappa shape index (κ2) is 10.9. The minimum Gasteiger partial charge on any atom is -0.496 e. The van der Waals surface area contributed by atoms with Gasteiger partial charge < -0.3 is 35.7 Å². The molecule has 2 unspecified atom stereocenters. The molecular weight excluding hydrogens is 456 g/mol. The van der Waals surface area contributed by atoms with Crippen LogP contribution in [0.25, 0.3) is 11.0 Å². The molecule has 1 aliphatic rings. The van der Waals surface area contributed by atoms with Crippen LogP contribution in [0.15, 0.2) is 36.4 Å². The van der Waals surface area contributed by atoms with Crippen LogP contribution in [0.5, 0.6) is 5.75 Å². The van der Waals surface area contributed by atoms with Crippen molar-refractivity contribution in [2.45, 2.75) is 25.0 Å². The van der Waals surface area contributed by atoms with Gasteiger partial charge in [-0.2, -0.15) is 0 Å². The van der Waals surface area contributed by atoms with Gasteiger partial charge in [0, 0.05) is 32.8 Å². The average molecular weight is 487 g/mol. The van der Waals surface area contributed by atoms with Crippen LogP contribution in [0, 0.1) is 0 Å². The summed E-state index contributed by atoms with van der Waals surface area (Å²) in [4.78, 5) is 23.1. The van der Waals surface area contributed by atoms with Crippen molar-refractivity contribution in [1.82, 2.24) is 20.2 Å². The number of nitrogens with two attached hydrogens (primary N) is 1. The number of amides is 1. The van der Waals surface area contributed by atoms with Gasteiger partial charge in [0.1, 0.15) is 5.75 Å². The molecule has 3 aromatic rings. The zero-order chi connectivity index (χ0) is 24.1. The fraction of sp³-hybridized carbons (Fsp3) is 0.417. The number of carbonyl (C=O) groups is 1. The van der Waals surface area contributed by atoms with Crippen molar-refractivity contribution in [3.05, 3.63) is 47.0 Å². The van der Waals surface area contributed by atoms with Gasteiger partial charge in [0.25, 0.3) is 5.91 Å². The first kappa shape index (κ1) is 24.1. The number of piperidine rings is 1. The Morgan fingerprint density at radius 2 is 2.15 bits per heavy atom. The molecule has 34 heavy (non-hydrogen) atoms. The van der Waals surface area contributed by atoms with Gasteiger partial charge in [0.05, 0.1) is 46.6 Å². The lowest BCUT2D eigenvalue weighted by atomic mass is 10.0. The molecule has 1 aliphatic heterocycles. The maximum absolute atomic E-state index is 12.9. The van der Waals surface area contributed by atoms with Crippen molar-refractivity contribution in [3.63, 3.8) is 0 Å². The summed E-state index contributed by atoms with van der Waals surface area (Å²) < 4.78 is 11.0. The normalized spacial score (nSPS) is 18.7. The quantitative estimate of drug-likeness (QED) is 0.271. The number of aromatic nitrogens is 2. The van der Waals surface area contributed by atoms with Crippen molar-refractivity contribution < 1.29 is 14.3 Å². The van der Waals surface area contributed by atoms with Crippen LogP contribution in [-0.2, 0) is 4.74 Å². The molecule has 0 spiro atoms. The number of carbonyl (C=O) groups excluding carboxylic acids is 1. The molecule has 2 heterocycles. The third-order valence-electron chi connectivity index (χ3n) is 6.16. The first-order valence-corrected chi connectivity index (χ1v) is 11.7. The number of nitrogen functional groups attached to an aromatic ring is 1. The lowest BCUT2D eigenvalue weighted by Crippen LogP contribution is -2.55. The molecule has 5 N–H and O–H groups in total. The van der Waals surface area contributed by atoms with Gasteiger partial charge in [-0.15, -0.1) is 0 Å². The van der Waals surface area contributed by atoms with Gasteiger partial charge in [-0.1, -0.05) is 23.7 Å². The first-order chi connectivity index (χ1) is 16.5. The number of hydrogen-bond donors (Lipinski definition) is 4. The van der Waals surface area contributed by atoms with E-state index in [0.717, 1.165) is 56.0 Å². The second-order valence-electron chi connectivity index (χ2n) is 8.40. The Bertz CT molecular complexity index is 1100. The number of anilines is 2. The lowest BCUT2D eigenvalue weighted by molar-refractivity contribution is 0.00637. The fourth-order valence-corrected chi connectivity index (χ4v) is 4.46. The molecule has 1 aromatic heterocycles. The van der Waals surface area contributed by atoms with Gasteiger partial charge in [-0.25, -0.2) is 4.98 Å². The second-order valence-corrected chi connectivity index (χ2v) is 8.81. The lowest BCUT2D eigenvalue weighted by Gasteiger charge is -2.38. The summed E-state index contributed by atoms with van der Waals surface area (Å²) >= 11 is 6.12. The molecule has 182 valence electrons. The molecule has 2 aromatic carbocycles. The third kappa shape index (κ3) is 5.55. The molecule has 0 bridgehead atoms. The van der Waals surface area contributed by atoms with Crippen molar-refractivity contribution >= 4 is 40.2 Å².